The van der Waals surface area contributed by atoms with Crippen molar-refractivity contribution in [2.45, 2.75) is 32.8 Å². The minimum atomic E-state index is -1.42. The lowest BCUT2D eigenvalue weighted by Gasteiger charge is -2.20. The number of halogens is 1. The molecule has 15 heavy (non-hydrogen) atoms. The number of carbonyl (C=O) groups is 1. The van der Waals surface area contributed by atoms with E-state index in [9.17, 15) is 14.3 Å². The van der Waals surface area contributed by atoms with E-state index in [1.165, 1.54) is 25.1 Å². The predicted octanol–water partition coefficient (Wildman–Crippen LogP) is 2.48. The highest BCUT2D eigenvalue weighted by molar-refractivity contribution is 6.03. The number of aliphatic hydroxyl groups is 1. The molecule has 2 nitrogen and oxygen atoms in total. The molecule has 0 heterocycles. The summed E-state index contributed by atoms with van der Waals surface area (Å²) in [6.07, 6.45) is 0.307. The maximum absolute atomic E-state index is 13.0. The topological polar surface area (TPSA) is 37.3 Å². The maximum Gasteiger partial charge on any atom is 0.194 e. The van der Waals surface area contributed by atoms with Gasteiger partial charge in [-0.3, -0.25) is 4.79 Å². The van der Waals surface area contributed by atoms with Gasteiger partial charge in [0.15, 0.2) is 5.78 Å². The molecule has 1 aromatic rings. The number of hydrogen-bond donors (Lipinski definition) is 1. The molecular weight excluding hydrogens is 195 g/mol. The van der Waals surface area contributed by atoms with Gasteiger partial charge in [0.2, 0.25) is 0 Å². The lowest BCUT2D eigenvalue weighted by Crippen LogP contribution is -2.34. The molecule has 3 heteroatoms. The van der Waals surface area contributed by atoms with E-state index < -0.39 is 17.2 Å². The van der Waals surface area contributed by atoms with E-state index in [2.05, 4.69) is 0 Å². The molecule has 1 aromatic carbocycles. The van der Waals surface area contributed by atoms with Crippen molar-refractivity contribution in [3.63, 3.8) is 0 Å². The summed E-state index contributed by atoms with van der Waals surface area (Å²) >= 11 is 0. The van der Waals surface area contributed by atoms with Crippen molar-refractivity contribution in [1.82, 2.24) is 0 Å². The van der Waals surface area contributed by atoms with E-state index in [1.54, 1.807) is 13.8 Å². The Kier molecular flexibility index (Phi) is 3.25. The van der Waals surface area contributed by atoms with Crippen molar-refractivity contribution in [2.75, 3.05) is 0 Å². The Morgan fingerprint density at radius 1 is 1.53 bits per heavy atom. The standard InChI is InChI=1S/C12H15FO2/c1-4-12(3,15)11(14)10-7-9(13)6-5-8(10)2/h5-7,15H,4H2,1-3H3. The van der Waals surface area contributed by atoms with Crippen molar-refractivity contribution in [3.05, 3.63) is 35.1 Å². The SMILES string of the molecule is CCC(C)(O)C(=O)c1cc(F)ccc1C. The zero-order valence-corrected chi connectivity index (χ0v) is 9.17. The normalized spacial score (nSPS) is 14.7. The molecule has 1 rings (SSSR count). The van der Waals surface area contributed by atoms with Crippen LogP contribution in [-0.4, -0.2) is 16.5 Å². The molecule has 0 bridgehead atoms. The number of ketones is 1. The first-order valence-corrected chi connectivity index (χ1v) is 4.92. The fraction of sp³-hybridized carbons (Fsp3) is 0.417. The lowest BCUT2D eigenvalue weighted by molar-refractivity contribution is 0.0389. The average molecular weight is 210 g/mol. The summed E-state index contributed by atoms with van der Waals surface area (Å²) in [5.74, 6) is -0.891. The van der Waals surface area contributed by atoms with Gasteiger partial charge in [-0.15, -0.1) is 0 Å². The Labute approximate surface area is 88.7 Å². The van der Waals surface area contributed by atoms with Crippen LogP contribution in [0, 0.1) is 12.7 Å². The summed E-state index contributed by atoms with van der Waals surface area (Å²) in [5, 5.41) is 9.79. The Morgan fingerprint density at radius 2 is 2.13 bits per heavy atom. The fourth-order valence-corrected chi connectivity index (χ4v) is 1.29. The lowest BCUT2D eigenvalue weighted by atomic mass is 9.90. The summed E-state index contributed by atoms with van der Waals surface area (Å²) in [6, 6.07) is 4.00. The van der Waals surface area contributed by atoms with Gasteiger partial charge in [0.25, 0.3) is 0 Å². The Bertz CT molecular complexity index is 383. The molecule has 0 aromatic heterocycles. The molecule has 0 aliphatic heterocycles. The van der Waals surface area contributed by atoms with Crippen LogP contribution in [0.15, 0.2) is 18.2 Å². The average Bonchev–Trinajstić information content (AvgIpc) is 2.20. The minimum Gasteiger partial charge on any atom is -0.382 e. The van der Waals surface area contributed by atoms with Crippen LogP contribution in [0.2, 0.25) is 0 Å². The summed E-state index contributed by atoms with van der Waals surface area (Å²) in [7, 11) is 0. The van der Waals surface area contributed by atoms with Gasteiger partial charge in [-0.2, -0.15) is 0 Å². The zero-order valence-electron chi connectivity index (χ0n) is 9.17. The predicted molar refractivity (Wildman–Crippen MR) is 56.4 cm³/mol. The smallest absolute Gasteiger partial charge is 0.194 e. The number of Topliss-reactive ketones (excluding diaryl/α,β-unsaturated/α-hetero) is 1. The number of rotatable bonds is 3. The molecule has 0 spiro atoms. The maximum atomic E-state index is 13.0. The highest BCUT2D eigenvalue weighted by Gasteiger charge is 2.30. The van der Waals surface area contributed by atoms with E-state index in [0.717, 1.165) is 0 Å². The highest BCUT2D eigenvalue weighted by Crippen LogP contribution is 2.20. The van der Waals surface area contributed by atoms with Crippen molar-refractivity contribution in [3.8, 4) is 0 Å². The second kappa shape index (κ2) is 4.11. The van der Waals surface area contributed by atoms with Crippen LogP contribution in [0.3, 0.4) is 0 Å². The quantitative estimate of drug-likeness (QED) is 0.778. The fourth-order valence-electron chi connectivity index (χ4n) is 1.29. The number of hydrogen-bond acceptors (Lipinski definition) is 2. The van der Waals surface area contributed by atoms with Crippen LogP contribution in [-0.2, 0) is 0 Å². The van der Waals surface area contributed by atoms with Crippen LogP contribution < -0.4 is 0 Å². The van der Waals surface area contributed by atoms with Gasteiger partial charge in [0, 0.05) is 5.56 Å². The molecule has 0 saturated carbocycles. The number of aryl methyl sites for hydroxylation is 1. The first-order valence-electron chi connectivity index (χ1n) is 4.92. The molecule has 1 unspecified atom stereocenters. The van der Waals surface area contributed by atoms with Gasteiger partial charge in [-0.1, -0.05) is 13.0 Å². The molecule has 82 valence electrons. The van der Waals surface area contributed by atoms with Gasteiger partial charge in [-0.05, 0) is 38.0 Å². The summed E-state index contributed by atoms with van der Waals surface area (Å²) in [4.78, 5) is 11.9. The second-order valence-electron chi connectivity index (χ2n) is 3.92. The van der Waals surface area contributed by atoms with Crippen LogP contribution in [0.5, 0.6) is 0 Å². The third-order valence-electron chi connectivity index (χ3n) is 2.62. The Balaban J connectivity index is 3.17. The molecule has 0 aliphatic carbocycles. The first-order chi connectivity index (χ1) is 6.88. The van der Waals surface area contributed by atoms with E-state index in [4.69, 9.17) is 0 Å². The molecule has 0 saturated heterocycles. The summed E-state index contributed by atoms with van der Waals surface area (Å²) < 4.78 is 13.0. The first kappa shape index (κ1) is 11.9. The molecular formula is C12H15FO2. The Morgan fingerprint density at radius 3 is 2.67 bits per heavy atom. The van der Waals surface area contributed by atoms with Crippen LogP contribution >= 0.6 is 0 Å². The summed E-state index contributed by atoms with van der Waals surface area (Å²) in [6.45, 7) is 4.88. The molecule has 0 amide bonds. The van der Waals surface area contributed by atoms with Gasteiger partial charge in [0.1, 0.15) is 11.4 Å². The third kappa shape index (κ3) is 2.42. The van der Waals surface area contributed by atoms with Gasteiger partial charge < -0.3 is 5.11 Å². The number of carbonyl (C=O) groups excluding carboxylic acids is 1. The molecule has 0 fully saturated rings. The van der Waals surface area contributed by atoms with Gasteiger partial charge in [-0.25, -0.2) is 4.39 Å². The van der Waals surface area contributed by atoms with Crippen molar-refractivity contribution < 1.29 is 14.3 Å². The van der Waals surface area contributed by atoms with Crippen LogP contribution in [0.4, 0.5) is 4.39 Å². The van der Waals surface area contributed by atoms with Crippen molar-refractivity contribution in [1.29, 1.82) is 0 Å². The van der Waals surface area contributed by atoms with Crippen molar-refractivity contribution >= 4 is 5.78 Å². The number of benzene rings is 1. The monoisotopic (exact) mass is 210 g/mol. The summed E-state index contributed by atoms with van der Waals surface area (Å²) in [5.41, 5.74) is -0.490. The van der Waals surface area contributed by atoms with E-state index >= 15 is 0 Å². The third-order valence-corrected chi connectivity index (χ3v) is 2.62. The van der Waals surface area contributed by atoms with E-state index in [1.807, 2.05) is 0 Å². The molecule has 1 atom stereocenters. The van der Waals surface area contributed by atoms with E-state index in [0.29, 0.717) is 12.0 Å². The van der Waals surface area contributed by atoms with E-state index in [-0.39, 0.29) is 5.56 Å². The van der Waals surface area contributed by atoms with Crippen LogP contribution in [0.25, 0.3) is 0 Å². The zero-order chi connectivity index (χ0) is 11.6. The van der Waals surface area contributed by atoms with Crippen LogP contribution in [0.1, 0.15) is 36.2 Å². The molecule has 0 aliphatic rings. The Hall–Kier alpha value is -1.22. The van der Waals surface area contributed by atoms with Crippen molar-refractivity contribution in [2.24, 2.45) is 0 Å². The minimum absolute atomic E-state index is 0.252. The molecule has 0 radical (unpaired) electrons. The largest absolute Gasteiger partial charge is 0.382 e. The molecule has 1 N–H and O–H groups in total. The second-order valence-corrected chi connectivity index (χ2v) is 3.92. The van der Waals surface area contributed by atoms with Gasteiger partial charge >= 0.3 is 0 Å². The van der Waals surface area contributed by atoms with Gasteiger partial charge in [0.05, 0.1) is 0 Å². The highest BCUT2D eigenvalue weighted by atomic mass is 19.1.